The topological polar surface area (TPSA) is 37.4 Å². The van der Waals surface area contributed by atoms with Gasteiger partial charge in [-0.3, -0.25) is 14.5 Å². The highest BCUT2D eigenvalue weighted by atomic mass is 16.2. The number of nitrogens with zero attached hydrogens (tertiary/aromatic N) is 1. The SMILES string of the molecule is Cc1cccc(N2C(=O)CC(c3ccc(C(C)C)cc3)C3=C2CCCC3=O)c1C. The molecule has 1 heterocycles. The molecule has 4 rings (SSSR count). The first-order chi connectivity index (χ1) is 13.9. The molecular weight excluding hydrogens is 358 g/mol. The third-order valence-corrected chi connectivity index (χ3v) is 6.50. The Morgan fingerprint density at radius 3 is 2.38 bits per heavy atom. The Morgan fingerprint density at radius 1 is 0.966 bits per heavy atom. The number of hydrogen-bond donors (Lipinski definition) is 0. The average Bonchev–Trinajstić information content (AvgIpc) is 2.70. The van der Waals surface area contributed by atoms with E-state index in [4.69, 9.17) is 0 Å². The van der Waals surface area contributed by atoms with Crippen LogP contribution in [-0.2, 0) is 9.59 Å². The third-order valence-electron chi connectivity index (χ3n) is 6.50. The molecule has 0 bridgehead atoms. The quantitative estimate of drug-likeness (QED) is 0.652. The van der Waals surface area contributed by atoms with Crippen LogP contribution in [0.4, 0.5) is 5.69 Å². The Morgan fingerprint density at radius 2 is 1.69 bits per heavy atom. The van der Waals surface area contributed by atoms with Crippen LogP contribution in [0.2, 0.25) is 0 Å². The molecule has 0 saturated carbocycles. The van der Waals surface area contributed by atoms with Crippen molar-refractivity contribution in [3.05, 3.63) is 76.0 Å². The van der Waals surface area contributed by atoms with Crippen LogP contribution in [0.5, 0.6) is 0 Å². The molecule has 1 atom stereocenters. The Labute approximate surface area is 173 Å². The number of hydrogen-bond acceptors (Lipinski definition) is 2. The van der Waals surface area contributed by atoms with Gasteiger partial charge in [-0.1, -0.05) is 50.2 Å². The summed E-state index contributed by atoms with van der Waals surface area (Å²) >= 11 is 0. The first kappa shape index (κ1) is 19.6. The summed E-state index contributed by atoms with van der Waals surface area (Å²) in [4.78, 5) is 28.2. The van der Waals surface area contributed by atoms with Gasteiger partial charge in [-0.05, 0) is 60.9 Å². The lowest BCUT2D eigenvalue weighted by Gasteiger charge is -2.39. The number of rotatable bonds is 3. The molecule has 0 fully saturated rings. The normalized spacial score (nSPS) is 19.8. The fourth-order valence-corrected chi connectivity index (χ4v) is 4.65. The summed E-state index contributed by atoms with van der Waals surface area (Å²) in [6.45, 7) is 8.46. The van der Waals surface area contributed by atoms with Crippen LogP contribution in [-0.4, -0.2) is 11.7 Å². The smallest absolute Gasteiger partial charge is 0.232 e. The minimum Gasteiger partial charge on any atom is -0.294 e. The van der Waals surface area contributed by atoms with Crippen molar-refractivity contribution in [1.29, 1.82) is 0 Å². The van der Waals surface area contributed by atoms with E-state index in [1.54, 1.807) is 0 Å². The summed E-state index contributed by atoms with van der Waals surface area (Å²) < 4.78 is 0. The van der Waals surface area contributed by atoms with E-state index in [-0.39, 0.29) is 17.6 Å². The largest absolute Gasteiger partial charge is 0.294 e. The maximum Gasteiger partial charge on any atom is 0.232 e. The lowest BCUT2D eigenvalue weighted by atomic mass is 9.76. The Bertz CT molecular complexity index is 998. The predicted molar refractivity (Wildman–Crippen MR) is 117 cm³/mol. The van der Waals surface area contributed by atoms with Crippen LogP contribution in [0.1, 0.15) is 73.6 Å². The first-order valence-corrected chi connectivity index (χ1v) is 10.6. The van der Waals surface area contributed by atoms with E-state index in [1.807, 2.05) is 17.0 Å². The highest BCUT2D eigenvalue weighted by Gasteiger charge is 2.40. The van der Waals surface area contributed by atoms with Gasteiger partial charge in [0, 0.05) is 30.0 Å². The van der Waals surface area contributed by atoms with Crippen LogP contribution >= 0.6 is 0 Å². The van der Waals surface area contributed by atoms with Gasteiger partial charge in [0.05, 0.1) is 5.69 Å². The standard InChI is InChI=1S/C26H29NO2/c1-16(2)19-11-13-20(14-12-19)21-15-25(29)27(22-8-5-7-17(3)18(22)4)23-9-6-10-24(28)26(21)23/h5,7-8,11-14,16,21H,6,9-10,15H2,1-4H3. The van der Waals surface area contributed by atoms with Crippen LogP contribution in [0.25, 0.3) is 0 Å². The number of aryl methyl sites for hydroxylation is 1. The van der Waals surface area contributed by atoms with Crippen molar-refractivity contribution in [2.24, 2.45) is 0 Å². The second-order valence-corrected chi connectivity index (χ2v) is 8.66. The monoisotopic (exact) mass is 387 g/mol. The molecule has 0 aromatic heterocycles. The Balaban J connectivity index is 1.83. The van der Waals surface area contributed by atoms with Crippen LogP contribution in [0.15, 0.2) is 53.7 Å². The molecular formula is C26H29NO2. The molecule has 0 radical (unpaired) electrons. The van der Waals surface area contributed by atoms with Crippen molar-refractivity contribution in [3.63, 3.8) is 0 Å². The zero-order chi connectivity index (χ0) is 20.7. The molecule has 0 saturated heterocycles. The molecule has 0 N–H and O–H groups in total. The summed E-state index contributed by atoms with van der Waals surface area (Å²) in [5, 5.41) is 0. The number of benzene rings is 2. The summed E-state index contributed by atoms with van der Waals surface area (Å²) in [7, 11) is 0. The summed E-state index contributed by atoms with van der Waals surface area (Å²) in [6, 6.07) is 14.5. The van der Waals surface area contributed by atoms with Gasteiger partial charge < -0.3 is 0 Å². The predicted octanol–water partition coefficient (Wildman–Crippen LogP) is 5.95. The molecule has 1 amide bonds. The van der Waals surface area contributed by atoms with Crippen molar-refractivity contribution in [3.8, 4) is 0 Å². The molecule has 2 aromatic rings. The van der Waals surface area contributed by atoms with E-state index >= 15 is 0 Å². The van der Waals surface area contributed by atoms with Gasteiger partial charge in [-0.25, -0.2) is 0 Å². The maximum absolute atomic E-state index is 13.4. The van der Waals surface area contributed by atoms with Crippen molar-refractivity contribution < 1.29 is 9.59 Å². The first-order valence-electron chi connectivity index (χ1n) is 10.6. The van der Waals surface area contributed by atoms with Crippen LogP contribution in [0.3, 0.4) is 0 Å². The molecule has 29 heavy (non-hydrogen) atoms. The number of carbonyl (C=O) groups excluding carboxylic acids is 2. The fraction of sp³-hybridized carbons (Fsp3) is 0.385. The Kier molecular flexibility index (Phi) is 5.16. The highest BCUT2D eigenvalue weighted by molar-refractivity contribution is 6.07. The van der Waals surface area contributed by atoms with Gasteiger partial charge in [0.25, 0.3) is 0 Å². The minimum absolute atomic E-state index is 0.0880. The molecule has 3 nitrogen and oxygen atoms in total. The summed E-state index contributed by atoms with van der Waals surface area (Å²) in [6.07, 6.45) is 2.51. The van der Waals surface area contributed by atoms with Gasteiger partial charge in [0.15, 0.2) is 5.78 Å². The molecule has 2 aromatic carbocycles. The Hall–Kier alpha value is -2.68. The second-order valence-electron chi connectivity index (χ2n) is 8.66. The molecule has 1 aliphatic heterocycles. The van der Waals surface area contributed by atoms with Crippen molar-refractivity contribution in [2.45, 2.75) is 65.2 Å². The van der Waals surface area contributed by atoms with Gasteiger partial charge in [0.1, 0.15) is 0 Å². The maximum atomic E-state index is 13.4. The molecule has 1 aliphatic carbocycles. The van der Waals surface area contributed by atoms with E-state index in [0.717, 1.165) is 46.5 Å². The lowest BCUT2D eigenvalue weighted by molar-refractivity contribution is -0.119. The zero-order valence-electron chi connectivity index (χ0n) is 17.8. The van der Waals surface area contributed by atoms with Gasteiger partial charge >= 0.3 is 0 Å². The van der Waals surface area contributed by atoms with Gasteiger partial charge in [-0.15, -0.1) is 0 Å². The van der Waals surface area contributed by atoms with Crippen LogP contribution in [0, 0.1) is 13.8 Å². The van der Waals surface area contributed by atoms with E-state index in [1.165, 1.54) is 5.56 Å². The van der Waals surface area contributed by atoms with Crippen molar-refractivity contribution in [2.75, 3.05) is 4.90 Å². The second kappa shape index (κ2) is 7.62. The van der Waals surface area contributed by atoms with Crippen molar-refractivity contribution in [1.82, 2.24) is 0 Å². The highest BCUT2D eigenvalue weighted by Crippen LogP contribution is 2.44. The molecule has 0 spiro atoms. The number of ketones is 1. The molecule has 3 heteroatoms. The lowest BCUT2D eigenvalue weighted by Crippen LogP contribution is -2.41. The van der Waals surface area contributed by atoms with E-state index in [9.17, 15) is 9.59 Å². The number of carbonyl (C=O) groups is 2. The third kappa shape index (κ3) is 3.43. The van der Waals surface area contributed by atoms with E-state index < -0.39 is 0 Å². The number of amides is 1. The molecule has 1 unspecified atom stereocenters. The number of allylic oxidation sites excluding steroid dienone is 2. The van der Waals surface area contributed by atoms with Gasteiger partial charge in [0.2, 0.25) is 5.91 Å². The van der Waals surface area contributed by atoms with Gasteiger partial charge in [-0.2, -0.15) is 0 Å². The molecule has 2 aliphatic rings. The minimum atomic E-state index is -0.132. The zero-order valence-corrected chi connectivity index (χ0v) is 17.8. The van der Waals surface area contributed by atoms with Crippen molar-refractivity contribution >= 4 is 17.4 Å². The van der Waals surface area contributed by atoms with Crippen LogP contribution < -0.4 is 4.90 Å². The average molecular weight is 388 g/mol. The summed E-state index contributed by atoms with van der Waals surface area (Å²) in [5.74, 6) is 0.618. The summed E-state index contributed by atoms with van der Waals surface area (Å²) in [5.41, 5.74) is 7.31. The number of anilines is 1. The van der Waals surface area contributed by atoms with E-state index in [2.05, 4.69) is 58.0 Å². The number of Topliss-reactive ketones (excluding diaryl/α,β-unsaturated/α-hetero) is 1. The molecule has 150 valence electrons. The van der Waals surface area contributed by atoms with E-state index in [0.29, 0.717) is 18.8 Å². The fourth-order valence-electron chi connectivity index (χ4n) is 4.65.